The van der Waals surface area contributed by atoms with E-state index in [1.54, 1.807) is 7.05 Å². The van der Waals surface area contributed by atoms with E-state index < -0.39 is 10.2 Å². The summed E-state index contributed by atoms with van der Waals surface area (Å²) in [6.07, 6.45) is 3.97. The van der Waals surface area contributed by atoms with Crippen molar-refractivity contribution in [2.45, 2.75) is 51.6 Å². The van der Waals surface area contributed by atoms with Crippen molar-refractivity contribution >= 4 is 10.2 Å². The first-order valence-corrected chi connectivity index (χ1v) is 7.83. The molecule has 5 nitrogen and oxygen atoms in total. The lowest BCUT2D eigenvalue weighted by molar-refractivity contribution is 0.237. The highest BCUT2D eigenvalue weighted by atomic mass is 32.2. The predicted octanol–water partition coefficient (Wildman–Crippen LogP) is 0.775. The van der Waals surface area contributed by atoms with Crippen LogP contribution in [0.25, 0.3) is 0 Å². The van der Waals surface area contributed by atoms with Gasteiger partial charge in [-0.15, -0.1) is 0 Å². The van der Waals surface area contributed by atoms with Gasteiger partial charge >= 0.3 is 0 Å². The molecule has 2 unspecified atom stereocenters. The molecule has 0 spiro atoms. The van der Waals surface area contributed by atoms with Crippen LogP contribution < -0.4 is 5.73 Å². The summed E-state index contributed by atoms with van der Waals surface area (Å²) < 4.78 is 27.6. The molecule has 102 valence electrons. The molecule has 0 radical (unpaired) electrons. The summed E-state index contributed by atoms with van der Waals surface area (Å²) in [4.78, 5) is 0. The van der Waals surface area contributed by atoms with Crippen LogP contribution in [0.1, 0.15) is 39.5 Å². The van der Waals surface area contributed by atoms with Gasteiger partial charge in [0, 0.05) is 32.2 Å². The van der Waals surface area contributed by atoms with E-state index in [-0.39, 0.29) is 12.1 Å². The van der Waals surface area contributed by atoms with Gasteiger partial charge in [-0.2, -0.15) is 17.0 Å². The number of nitrogens with two attached hydrogens (primary N) is 1. The van der Waals surface area contributed by atoms with Gasteiger partial charge in [-0.05, 0) is 12.8 Å². The van der Waals surface area contributed by atoms with Crippen molar-refractivity contribution in [1.82, 2.24) is 8.61 Å². The third-order valence-electron chi connectivity index (χ3n) is 3.64. The minimum Gasteiger partial charge on any atom is -0.326 e. The third kappa shape index (κ3) is 3.19. The highest BCUT2D eigenvalue weighted by molar-refractivity contribution is 7.86. The van der Waals surface area contributed by atoms with Crippen molar-refractivity contribution in [3.63, 3.8) is 0 Å². The van der Waals surface area contributed by atoms with Gasteiger partial charge in [0.1, 0.15) is 0 Å². The molecule has 0 heterocycles. The van der Waals surface area contributed by atoms with Crippen molar-refractivity contribution in [2.24, 2.45) is 5.73 Å². The molecule has 0 amide bonds. The van der Waals surface area contributed by atoms with Crippen LogP contribution in [0.5, 0.6) is 0 Å². The van der Waals surface area contributed by atoms with Crippen LogP contribution in [0.15, 0.2) is 0 Å². The lowest BCUT2D eigenvalue weighted by Gasteiger charge is -2.37. The lowest BCUT2D eigenvalue weighted by Crippen LogP contribution is -2.54. The fraction of sp³-hybridized carbons (Fsp3) is 1.00. The maximum absolute atomic E-state index is 12.3. The smallest absolute Gasteiger partial charge is 0.282 e. The average Bonchev–Trinajstić information content (AvgIpc) is 2.30. The zero-order valence-corrected chi connectivity index (χ0v) is 11.9. The summed E-state index contributed by atoms with van der Waals surface area (Å²) in [5.74, 6) is 0. The van der Waals surface area contributed by atoms with E-state index in [1.807, 2.05) is 13.8 Å². The topological polar surface area (TPSA) is 66.6 Å². The first-order chi connectivity index (χ1) is 7.95. The van der Waals surface area contributed by atoms with Crippen LogP contribution in [0.2, 0.25) is 0 Å². The minimum atomic E-state index is -3.35. The summed E-state index contributed by atoms with van der Waals surface area (Å²) >= 11 is 0. The van der Waals surface area contributed by atoms with Crippen LogP contribution in [0.4, 0.5) is 0 Å². The van der Waals surface area contributed by atoms with E-state index in [9.17, 15) is 8.42 Å². The van der Waals surface area contributed by atoms with Gasteiger partial charge in [0.25, 0.3) is 10.2 Å². The Labute approximate surface area is 105 Å². The maximum Gasteiger partial charge on any atom is 0.282 e. The van der Waals surface area contributed by atoms with E-state index in [0.717, 1.165) is 25.7 Å². The molecule has 2 atom stereocenters. The van der Waals surface area contributed by atoms with E-state index in [0.29, 0.717) is 13.1 Å². The van der Waals surface area contributed by atoms with Gasteiger partial charge in [-0.3, -0.25) is 0 Å². The number of rotatable bonds is 5. The summed E-state index contributed by atoms with van der Waals surface area (Å²) in [7, 11) is -1.69. The monoisotopic (exact) mass is 263 g/mol. The van der Waals surface area contributed by atoms with Crippen LogP contribution in [-0.2, 0) is 10.2 Å². The average molecular weight is 263 g/mol. The fourth-order valence-electron chi connectivity index (χ4n) is 2.49. The van der Waals surface area contributed by atoms with Gasteiger partial charge in [0.2, 0.25) is 0 Å². The summed E-state index contributed by atoms with van der Waals surface area (Å²) in [6, 6.07) is -0.0755. The molecule has 1 rings (SSSR count). The second-order valence-corrected chi connectivity index (χ2v) is 6.61. The molecular formula is C11H25N3O2S. The molecule has 1 saturated carbocycles. The summed E-state index contributed by atoms with van der Waals surface area (Å²) in [5, 5.41) is 0. The molecule has 0 bridgehead atoms. The molecule has 17 heavy (non-hydrogen) atoms. The molecule has 0 aliphatic heterocycles. The first-order valence-electron chi connectivity index (χ1n) is 6.43. The molecule has 2 N–H and O–H groups in total. The Morgan fingerprint density at radius 3 is 2.18 bits per heavy atom. The van der Waals surface area contributed by atoms with E-state index in [4.69, 9.17) is 5.73 Å². The van der Waals surface area contributed by atoms with Gasteiger partial charge in [0.15, 0.2) is 0 Å². The normalized spacial score (nSPS) is 26.7. The zero-order valence-electron chi connectivity index (χ0n) is 11.1. The van der Waals surface area contributed by atoms with Gasteiger partial charge in [0.05, 0.1) is 0 Å². The molecule has 1 fully saturated rings. The third-order valence-corrected chi connectivity index (χ3v) is 5.81. The Kier molecular flexibility index (Phi) is 5.37. The summed E-state index contributed by atoms with van der Waals surface area (Å²) in [6.45, 7) is 4.72. The van der Waals surface area contributed by atoms with E-state index in [1.165, 1.54) is 8.61 Å². The standard InChI is InChI=1S/C11H25N3O2S/c1-4-14(5-2)17(15,16)13(3)11-9-7-6-8-10(11)12/h10-11H,4-9,12H2,1-3H3. The Balaban J connectivity index is 2.83. The number of hydrogen-bond donors (Lipinski definition) is 1. The van der Waals surface area contributed by atoms with Crippen molar-refractivity contribution in [1.29, 1.82) is 0 Å². The highest BCUT2D eigenvalue weighted by Crippen LogP contribution is 2.24. The highest BCUT2D eigenvalue weighted by Gasteiger charge is 2.34. The number of hydrogen-bond acceptors (Lipinski definition) is 3. The zero-order chi connectivity index (χ0) is 13.1. The number of likely N-dealkylation sites (N-methyl/N-ethyl adjacent to an activating group) is 1. The van der Waals surface area contributed by atoms with E-state index in [2.05, 4.69) is 0 Å². The van der Waals surface area contributed by atoms with Crippen molar-refractivity contribution in [3.05, 3.63) is 0 Å². The fourth-order valence-corrected chi connectivity index (χ4v) is 4.12. The van der Waals surface area contributed by atoms with E-state index >= 15 is 0 Å². The van der Waals surface area contributed by atoms with Gasteiger partial charge < -0.3 is 5.73 Å². The second kappa shape index (κ2) is 6.13. The lowest BCUT2D eigenvalue weighted by atomic mass is 9.91. The molecule has 1 aliphatic rings. The van der Waals surface area contributed by atoms with Crippen LogP contribution >= 0.6 is 0 Å². The van der Waals surface area contributed by atoms with Crippen molar-refractivity contribution in [3.8, 4) is 0 Å². The Morgan fingerprint density at radius 2 is 1.71 bits per heavy atom. The summed E-state index contributed by atoms with van der Waals surface area (Å²) in [5.41, 5.74) is 6.04. The minimum absolute atomic E-state index is 0.0286. The first kappa shape index (κ1) is 14.9. The molecule has 0 aromatic heterocycles. The maximum atomic E-state index is 12.3. The molecule has 1 aliphatic carbocycles. The van der Waals surface area contributed by atoms with Crippen LogP contribution in [0, 0.1) is 0 Å². The van der Waals surface area contributed by atoms with Crippen molar-refractivity contribution in [2.75, 3.05) is 20.1 Å². The molecular weight excluding hydrogens is 238 g/mol. The predicted molar refractivity (Wildman–Crippen MR) is 69.8 cm³/mol. The molecule has 6 heteroatoms. The number of nitrogens with zero attached hydrogens (tertiary/aromatic N) is 2. The molecule has 0 aromatic carbocycles. The Hall–Kier alpha value is -0.170. The van der Waals surface area contributed by atoms with Crippen LogP contribution in [0.3, 0.4) is 0 Å². The quantitative estimate of drug-likeness (QED) is 0.797. The molecule has 0 saturated heterocycles. The SMILES string of the molecule is CCN(CC)S(=O)(=O)N(C)C1CCCCC1N. The van der Waals surface area contributed by atoms with Gasteiger partial charge in [-0.1, -0.05) is 26.7 Å². The Morgan fingerprint density at radius 1 is 1.18 bits per heavy atom. The van der Waals surface area contributed by atoms with Crippen molar-refractivity contribution < 1.29 is 8.42 Å². The molecule has 0 aromatic rings. The Bertz CT molecular complexity index is 328. The van der Waals surface area contributed by atoms with Gasteiger partial charge in [-0.25, -0.2) is 0 Å². The largest absolute Gasteiger partial charge is 0.326 e. The van der Waals surface area contributed by atoms with Crippen LogP contribution in [-0.4, -0.2) is 49.2 Å². The second-order valence-electron chi connectivity index (χ2n) is 4.62.